The Balaban J connectivity index is 1.53. The number of amides is 1. The van der Waals surface area contributed by atoms with Crippen molar-refractivity contribution >= 4 is 11.6 Å². The van der Waals surface area contributed by atoms with Crippen LogP contribution in [0.2, 0.25) is 0 Å². The van der Waals surface area contributed by atoms with E-state index < -0.39 is 0 Å². The van der Waals surface area contributed by atoms with Crippen LogP contribution in [-0.4, -0.2) is 48.0 Å². The van der Waals surface area contributed by atoms with Gasteiger partial charge >= 0.3 is 0 Å². The number of anilines is 1. The molecule has 1 aliphatic heterocycles. The Labute approximate surface area is 158 Å². The minimum Gasteiger partial charge on any atom is -0.374 e. The first kappa shape index (κ1) is 19.1. The zero-order valence-corrected chi connectivity index (χ0v) is 16.1. The van der Waals surface area contributed by atoms with Crippen molar-refractivity contribution in [3.63, 3.8) is 0 Å². The highest BCUT2D eigenvalue weighted by Crippen LogP contribution is 2.16. The van der Waals surface area contributed by atoms with Gasteiger partial charge in [-0.05, 0) is 31.9 Å². The molecule has 7 heteroatoms. The molecule has 7 nitrogen and oxygen atoms in total. The first-order valence-electron chi connectivity index (χ1n) is 9.19. The average Bonchev–Trinajstić information content (AvgIpc) is 2.66. The number of aromatic nitrogens is 2. The van der Waals surface area contributed by atoms with E-state index in [0.717, 1.165) is 23.4 Å². The Morgan fingerprint density at radius 3 is 2.93 bits per heavy atom. The Morgan fingerprint density at radius 2 is 2.15 bits per heavy atom. The molecule has 1 aromatic carbocycles. The van der Waals surface area contributed by atoms with Gasteiger partial charge in [0.05, 0.1) is 24.6 Å². The van der Waals surface area contributed by atoms with Crippen molar-refractivity contribution in [2.45, 2.75) is 26.4 Å². The van der Waals surface area contributed by atoms with Crippen molar-refractivity contribution in [1.82, 2.24) is 15.1 Å². The fourth-order valence-corrected chi connectivity index (χ4v) is 3.18. The van der Waals surface area contributed by atoms with E-state index in [1.165, 1.54) is 4.68 Å². The lowest BCUT2D eigenvalue weighted by Gasteiger charge is -2.34. The Hall–Kier alpha value is -2.67. The molecule has 144 valence electrons. The fraction of sp³-hybridized carbons (Fsp3) is 0.450. The van der Waals surface area contributed by atoms with Gasteiger partial charge in [0.15, 0.2) is 0 Å². The van der Waals surface area contributed by atoms with Crippen LogP contribution in [0.25, 0.3) is 0 Å². The highest BCUT2D eigenvalue weighted by molar-refractivity contribution is 5.95. The molecule has 0 saturated carbocycles. The summed E-state index contributed by atoms with van der Waals surface area (Å²) >= 11 is 0. The third kappa shape index (κ3) is 4.74. The van der Waals surface area contributed by atoms with E-state index in [-0.39, 0.29) is 17.6 Å². The summed E-state index contributed by atoms with van der Waals surface area (Å²) < 4.78 is 7.13. The standard InChI is InChI=1S/C20H26N4O3/c1-14-4-5-15(2)18(10-14)20(26)21-7-6-17-13-24(8-9-27-17)16-11-19(25)23(3)22-12-16/h4-5,10-12,17H,6-9,13H2,1-3H3,(H,21,26)/t17-/m0/s1. The van der Waals surface area contributed by atoms with Crippen LogP contribution in [0.5, 0.6) is 0 Å². The van der Waals surface area contributed by atoms with Crippen molar-refractivity contribution in [2.75, 3.05) is 31.1 Å². The molecule has 1 aliphatic rings. The molecule has 3 rings (SSSR count). The summed E-state index contributed by atoms with van der Waals surface area (Å²) in [4.78, 5) is 26.3. The molecule has 0 aliphatic carbocycles. The molecular formula is C20H26N4O3. The highest BCUT2D eigenvalue weighted by atomic mass is 16.5. The number of carbonyl (C=O) groups excluding carboxylic acids is 1. The van der Waals surface area contributed by atoms with E-state index in [0.29, 0.717) is 31.7 Å². The quantitative estimate of drug-likeness (QED) is 0.862. The number of carbonyl (C=O) groups is 1. The molecule has 1 N–H and O–H groups in total. The lowest BCUT2D eigenvalue weighted by atomic mass is 10.1. The van der Waals surface area contributed by atoms with Gasteiger partial charge in [-0.15, -0.1) is 0 Å². The molecule has 0 radical (unpaired) electrons. The van der Waals surface area contributed by atoms with Gasteiger partial charge in [-0.2, -0.15) is 5.10 Å². The normalized spacial score (nSPS) is 17.0. The molecule has 1 saturated heterocycles. The van der Waals surface area contributed by atoms with Crippen LogP contribution in [-0.2, 0) is 11.8 Å². The number of rotatable bonds is 5. The molecule has 0 unspecified atom stereocenters. The van der Waals surface area contributed by atoms with E-state index in [1.54, 1.807) is 19.3 Å². The number of ether oxygens (including phenoxy) is 1. The van der Waals surface area contributed by atoms with E-state index in [2.05, 4.69) is 15.3 Å². The monoisotopic (exact) mass is 370 g/mol. The second-order valence-electron chi connectivity index (χ2n) is 6.98. The number of aryl methyl sites for hydroxylation is 3. The summed E-state index contributed by atoms with van der Waals surface area (Å²) in [5.74, 6) is -0.0559. The predicted molar refractivity (Wildman–Crippen MR) is 104 cm³/mol. The van der Waals surface area contributed by atoms with E-state index in [1.807, 2.05) is 32.0 Å². The molecular weight excluding hydrogens is 344 g/mol. The van der Waals surface area contributed by atoms with Gasteiger partial charge in [0, 0.05) is 38.3 Å². The van der Waals surface area contributed by atoms with Crippen LogP contribution >= 0.6 is 0 Å². The first-order valence-corrected chi connectivity index (χ1v) is 9.19. The molecule has 2 heterocycles. The second-order valence-corrected chi connectivity index (χ2v) is 6.98. The van der Waals surface area contributed by atoms with Gasteiger partial charge in [0.25, 0.3) is 11.5 Å². The van der Waals surface area contributed by atoms with Gasteiger partial charge in [-0.3, -0.25) is 9.59 Å². The Morgan fingerprint density at radius 1 is 1.33 bits per heavy atom. The van der Waals surface area contributed by atoms with Gasteiger partial charge in [0.1, 0.15) is 0 Å². The van der Waals surface area contributed by atoms with Crippen LogP contribution in [0.4, 0.5) is 5.69 Å². The van der Waals surface area contributed by atoms with Crippen LogP contribution in [0.1, 0.15) is 27.9 Å². The lowest BCUT2D eigenvalue weighted by Crippen LogP contribution is -2.44. The topological polar surface area (TPSA) is 76.5 Å². The number of nitrogens with zero attached hydrogens (tertiary/aromatic N) is 3. The van der Waals surface area contributed by atoms with Crippen LogP contribution in [0.3, 0.4) is 0 Å². The van der Waals surface area contributed by atoms with Crippen LogP contribution in [0.15, 0.2) is 35.3 Å². The smallest absolute Gasteiger partial charge is 0.268 e. The van der Waals surface area contributed by atoms with Crippen LogP contribution in [0, 0.1) is 13.8 Å². The van der Waals surface area contributed by atoms with Gasteiger partial charge < -0.3 is 15.0 Å². The van der Waals surface area contributed by atoms with E-state index in [4.69, 9.17) is 4.74 Å². The van der Waals surface area contributed by atoms with Gasteiger partial charge in [-0.25, -0.2) is 4.68 Å². The number of benzene rings is 1. The SMILES string of the molecule is Cc1ccc(C)c(C(=O)NCC[C@H]2CN(c3cnn(C)c(=O)c3)CCO2)c1. The summed E-state index contributed by atoms with van der Waals surface area (Å²) in [6, 6.07) is 7.47. The maximum absolute atomic E-state index is 12.4. The number of hydrogen-bond acceptors (Lipinski definition) is 5. The van der Waals surface area contributed by atoms with Crippen LogP contribution < -0.4 is 15.8 Å². The third-order valence-electron chi connectivity index (χ3n) is 4.85. The minimum absolute atomic E-state index is 0.00159. The van der Waals surface area contributed by atoms with Crippen molar-refractivity contribution < 1.29 is 9.53 Å². The maximum Gasteiger partial charge on any atom is 0.268 e. The average molecular weight is 370 g/mol. The second kappa shape index (κ2) is 8.35. The Kier molecular flexibility index (Phi) is 5.91. The molecule has 27 heavy (non-hydrogen) atoms. The summed E-state index contributed by atoms with van der Waals surface area (Å²) in [6.07, 6.45) is 2.42. The molecule has 2 aromatic rings. The van der Waals surface area contributed by atoms with Crippen molar-refractivity contribution in [2.24, 2.45) is 7.05 Å². The largest absolute Gasteiger partial charge is 0.374 e. The molecule has 0 spiro atoms. The summed E-state index contributed by atoms with van der Waals surface area (Å²) in [5, 5.41) is 7.06. The summed E-state index contributed by atoms with van der Waals surface area (Å²) in [5.41, 5.74) is 3.44. The van der Waals surface area contributed by atoms with E-state index in [9.17, 15) is 9.59 Å². The van der Waals surface area contributed by atoms with Crippen molar-refractivity contribution in [1.29, 1.82) is 0 Å². The maximum atomic E-state index is 12.4. The molecule has 1 fully saturated rings. The molecule has 1 amide bonds. The van der Waals surface area contributed by atoms with Gasteiger partial charge in [0.2, 0.25) is 0 Å². The minimum atomic E-state index is -0.128. The molecule has 1 atom stereocenters. The Bertz CT molecular complexity index is 878. The van der Waals surface area contributed by atoms with Crippen molar-refractivity contribution in [3.05, 3.63) is 57.5 Å². The predicted octanol–water partition coefficient (Wildman–Crippen LogP) is 1.42. The zero-order valence-electron chi connectivity index (χ0n) is 16.1. The van der Waals surface area contributed by atoms with Crippen molar-refractivity contribution in [3.8, 4) is 0 Å². The number of nitrogens with one attached hydrogen (secondary N) is 1. The summed E-state index contributed by atoms with van der Waals surface area (Å²) in [6.45, 7) is 6.44. The fourth-order valence-electron chi connectivity index (χ4n) is 3.18. The highest BCUT2D eigenvalue weighted by Gasteiger charge is 2.21. The lowest BCUT2D eigenvalue weighted by molar-refractivity contribution is 0.0353. The van der Waals surface area contributed by atoms with Gasteiger partial charge in [-0.1, -0.05) is 17.7 Å². The van der Waals surface area contributed by atoms with E-state index >= 15 is 0 Å². The number of morpholine rings is 1. The number of hydrogen-bond donors (Lipinski definition) is 1. The summed E-state index contributed by atoms with van der Waals surface area (Å²) in [7, 11) is 1.63. The first-order chi connectivity index (χ1) is 12.9. The molecule has 0 bridgehead atoms. The third-order valence-corrected chi connectivity index (χ3v) is 4.85. The zero-order chi connectivity index (χ0) is 19.4. The molecule has 1 aromatic heterocycles.